The third-order valence-electron chi connectivity index (χ3n) is 5.80. The highest BCUT2D eigenvalue weighted by molar-refractivity contribution is 5.94. The van der Waals surface area contributed by atoms with Crippen molar-refractivity contribution in [3.05, 3.63) is 96.2 Å². The summed E-state index contributed by atoms with van der Waals surface area (Å²) in [6.45, 7) is 3.27. The topological polar surface area (TPSA) is 90.3 Å². The van der Waals surface area contributed by atoms with Crippen molar-refractivity contribution in [1.82, 2.24) is 24.8 Å². The van der Waals surface area contributed by atoms with E-state index in [0.717, 1.165) is 29.8 Å². The molecule has 4 aromatic rings. The fourth-order valence-electron chi connectivity index (χ4n) is 4.13. The van der Waals surface area contributed by atoms with Crippen LogP contribution in [0, 0.1) is 6.92 Å². The molecule has 3 heterocycles. The van der Waals surface area contributed by atoms with Gasteiger partial charge >= 0.3 is 6.01 Å². The Bertz CT molecular complexity index is 1310. The first-order valence-corrected chi connectivity index (χ1v) is 11.5. The number of amides is 1. The number of rotatable bonds is 6. The zero-order chi connectivity index (χ0) is 24.0. The Kier molecular flexibility index (Phi) is 6.61. The maximum atomic E-state index is 13.3. The predicted molar refractivity (Wildman–Crippen MR) is 130 cm³/mol. The van der Waals surface area contributed by atoms with Gasteiger partial charge in [0, 0.05) is 43.2 Å². The lowest BCUT2D eigenvalue weighted by Crippen LogP contribution is -2.39. The van der Waals surface area contributed by atoms with Crippen LogP contribution < -0.4 is 9.47 Å². The molecule has 0 bridgehead atoms. The fraction of sp³-hybridized carbons (Fsp3) is 0.222. The van der Waals surface area contributed by atoms with Crippen LogP contribution in [0.5, 0.6) is 23.4 Å². The molecule has 5 rings (SSSR count). The second kappa shape index (κ2) is 10.3. The smallest absolute Gasteiger partial charge is 0.321 e. The largest absolute Gasteiger partial charge is 0.437 e. The van der Waals surface area contributed by atoms with Crippen molar-refractivity contribution in [2.75, 3.05) is 13.1 Å². The molecule has 2 aromatic heterocycles. The first kappa shape index (κ1) is 22.5. The van der Waals surface area contributed by atoms with E-state index in [0.29, 0.717) is 30.3 Å². The Morgan fingerprint density at radius 3 is 2.60 bits per heavy atom. The zero-order valence-corrected chi connectivity index (χ0v) is 19.4. The molecule has 2 aromatic carbocycles. The van der Waals surface area contributed by atoms with E-state index in [9.17, 15) is 4.79 Å². The lowest BCUT2D eigenvalue weighted by atomic mass is 9.94. The van der Waals surface area contributed by atoms with Crippen LogP contribution in [0.25, 0.3) is 0 Å². The number of hydrogen-bond acceptors (Lipinski definition) is 7. The molecule has 1 atom stereocenters. The van der Waals surface area contributed by atoms with Crippen molar-refractivity contribution in [3.8, 4) is 23.4 Å². The van der Waals surface area contributed by atoms with Crippen molar-refractivity contribution in [3.63, 3.8) is 0 Å². The van der Waals surface area contributed by atoms with Gasteiger partial charge in [0.25, 0.3) is 5.91 Å². The number of carbonyl (C=O) groups excluding carboxylic acids is 1. The van der Waals surface area contributed by atoms with Crippen molar-refractivity contribution >= 4 is 5.91 Å². The average Bonchev–Trinajstić information content (AvgIpc) is 2.89. The van der Waals surface area contributed by atoms with E-state index in [-0.39, 0.29) is 17.8 Å². The van der Waals surface area contributed by atoms with Gasteiger partial charge in [0.1, 0.15) is 11.5 Å². The van der Waals surface area contributed by atoms with Crippen LogP contribution in [0.2, 0.25) is 0 Å². The molecule has 0 saturated carbocycles. The van der Waals surface area contributed by atoms with E-state index < -0.39 is 0 Å². The molecule has 1 aliphatic rings. The number of hydrogen-bond donors (Lipinski definition) is 0. The molecule has 0 N–H and O–H groups in total. The number of piperidine rings is 1. The summed E-state index contributed by atoms with van der Waals surface area (Å²) >= 11 is 0. The first-order valence-electron chi connectivity index (χ1n) is 11.5. The number of aryl methyl sites for hydroxylation is 1. The minimum Gasteiger partial charge on any atom is -0.437 e. The molecule has 1 fully saturated rings. The Balaban J connectivity index is 1.28. The van der Waals surface area contributed by atoms with Gasteiger partial charge in [-0.05, 0) is 61.7 Å². The highest BCUT2D eigenvalue weighted by Crippen LogP contribution is 2.29. The maximum Gasteiger partial charge on any atom is 0.321 e. The predicted octanol–water partition coefficient (Wildman–Crippen LogP) is 5.18. The molecule has 0 radical (unpaired) electrons. The van der Waals surface area contributed by atoms with Crippen LogP contribution >= 0.6 is 0 Å². The SMILES string of the molecule is Cc1cccc(Oc2cncc([C@@H]3CCCN(C(=O)c4cccc(Oc5ncccn5)c4)C3)n2)c1. The van der Waals surface area contributed by atoms with Crippen molar-refractivity contribution < 1.29 is 14.3 Å². The maximum absolute atomic E-state index is 13.3. The number of ether oxygens (including phenoxy) is 2. The van der Waals surface area contributed by atoms with Gasteiger partial charge < -0.3 is 14.4 Å². The minimum atomic E-state index is -0.0470. The standard InChI is InChI=1S/C27H25N5O3/c1-19-6-2-9-22(14-19)34-25-17-28-16-24(31-25)21-8-4-13-32(18-21)26(33)20-7-3-10-23(15-20)35-27-29-11-5-12-30-27/h2-3,5-7,9-12,14-17,21H,4,8,13,18H2,1H3/t21-/m1/s1. The molecule has 35 heavy (non-hydrogen) atoms. The summed E-state index contributed by atoms with van der Waals surface area (Å²) in [6.07, 6.45) is 8.40. The molecule has 1 amide bonds. The molecule has 8 heteroatoms. The van der Waals surface area contributed by atoms with E-state index in [4.69, 9.17) is 14.5 Å². The van der Waals surface area contributed by atoms with Crippen molar-refractivity contribution in [2.24, 2.45) is 0 Å². The van der Waals surface area contributed by atoms with Crippen LogP contribution in [-0.4, -0.2) is 43.8 Å². The van der Waals surface area contributed by atoms with Crippen LogP contribution in [0.1, 0.15) is 40.4 Å². The molecule has 0 aliphatic carbocycles. The number of nitrogens with zero attached hydrogens (tertiary/aromatic N) is 5. The second-order valence-corrected chi connectivity index (χ2v) is 8.45. The lowest BCUT2D eigenvalue weighted by Gasteiger charge is -2.32. The summed E-state index contributed by atoms with van der Waals surface area (Å²) < 4.78 is 11.6. The average molecular weight is 468 g/mol. The molecular formula is C27H25N5O3. The molecule has 8 nitrogen and oxygen atoms in total. The van der Waals surface area contributed by atoms with Crippen molar-refractivity contribution in [2.45, 2.75) is 25.7 Å². The third-order valence-corrected chi connectivity index (χ3v) is 5.80. The molecule has 1 aliphatic heterocycles. The Morgan fingerprint density at radius 2 is 1.77 bits per heavy atom. The Morgan fingerprint density at radius 1 is 0.971 bits per heavy atom. The third kappa shape index (κ3) is 5.60. The van der Waals surface area contributed by atoms with Gasteiger partial charge in [-0.3, -0.25) is 9.78 Å². The minimum absolute atomic E-state index is 0.0470. The van der Waals surface area contributed by atoms with Gasteiger partial charge in [-0.25, -0.2) is 15.0 Å². The molecular weight excluding hydrogens is 442 g/mol. The van der Waals surface area contributed by atoms with Crippen LogP contribution in [0.4, 0.5) is 0 Å². The van der Waals surface area contributed by atoms with Crippen LogP contribution in [0.3, 0.4) is 0 Å². The molecule has 176 valence electrons. The Hall–Kier alpha value is -4.33. The quantitative estimate of drug-likeness (QED) is 0.386. The summed E-state index contributed by atoms with van der Waals surface area (Å²) in [6, 6.07) is 16.8. The molecule has 0 unspecified atom stereocenters. The summed E-state index contributed by atoms with van der Waals surface area (Å²) in [5.74, 6) is 1.72. The van der Waals surface area contributed by atoms with Crippen LogP contribution in [-0.2, 0) is 0 Å². The summed E-state index contributed by atoms with van der Waals surface area (Å²) in [5, 5.41) is 0. The molecule has 1 saturated heterocycles. The van der Waals surface area contributed by atoms with E-state index >= 15 is 0 Å². The van der Waals surface area contributed by atoms with Crippen molar-refractivity contribution in [1.29, 1.82) is 0 Å². The second-order valence-electron chi connectivity index (χ2n) is 8.45. The lowest BCUT2D eigenvalue weighted by molar-refractivity contribution is 0.0705. The van der Waals surface area contributed by atoms with Crippen LogP contribution in [0.15, 0.2) is 79.4 Å². The zero-order valence-electron chi connectivity index (χ0n) is 19.4. The first-order chi connectivity index (χ1) is 17.1. The number of aromatic nitrogens is 4. The van der Waals surface area contributed by atoms with Gasteiger partial charge in [0.05, 0.1) is 11.9 Å². The normalized spacial score (nSPS) is 15.5. The van der Waals surface area contributed by atoms with E-state index in [1.54, 1.807) is 55.1 Å². The number of carbonyl (C=O) groups is 1. The fourth-order valence-corrected chi connectivity index (χ4v) is 4.13. The highest BCUT2D eigenvalue weighted by Gasteiger charge is 2.27. The summed E-state index contributed by atoms with van der Waals surface area (Å²) in [7, 11) is 0. The number of likely N-dealkylation sites (tertiary alicyclic amines) is 1. The van der Waals surface area contributed by atoms with Gasteiger partial charge in [0.15, 0.2) is 0 Å². The number of benzene rings is 2. The molecule has 0 spiro atoms. The summed E-state index contributed by atoms with van der Waals surface area (Å²) in [5.41, 5.74) is 2.49. The Labute approximate surface area is 203 Å². The van der Waals surface area contributed by atoms with E-state index in [1.165, 1.54) is 0 Å². The van der Waals surface area contributed by atoms with Gasteiger partial charge in [-0.1, -0.05) is 18.2 Å². The monoisotopic (exact) mass is 467 g/mol. The van der Waals surface area contributed by atoms with Gasteiger partial charge in [0.2, 0.25) is 5.88 Å². The van der Waals surface area contributed by atoms with Gasteiger partial charge in [-0.15, -0.1) is 0 Å². The van der Waals surface area contributed by atoms with E-state index in [1.807, 2.05) is 36.1 Å². The van der Waals surface area contributed by atoms with E-state index in [2.05, 4.69) is 15.0 Å². The highest BCUT2D eigenvalue weighted by atomic mass is 16.5. The summed E-state index contributed by atoms with van der Waals surface area (Å²) in [4.78, 5) is 32.3. The van der Waals surface area contributed by atoms with Gasteiger partial charge in [-0.2, -0.15) is 0 Å².